The molecule has 2 N–H and O–H groups in total. The molecule has 0 fully saturated rings. The normalized spacial score (nSPS) is 21.2. The zero-order chi connectivity index (χ0) is 23.2. The van der Waals surface area contributed by atoms with E-state index in [2.05, 4.69) is 0 Å². The molecule has 32 heavy (non-hydrogen) atoms. The lowest BCUT2D eigenvalue weighted by Gasteiger charge is -2.38. The van der Waals surface area contributed by atoms with Gasteiger partial charge in [-0.2, -0.15) is 0 Å². The minimum Gasteiger partial charge on any atom is -0.484 e. The molecule has 0 radical (unpaired) electrons. The van der Waals surface area contributed by atoms with Crippen LogP contribution in [0.15, 0.2) is 71.7 Å². The lowest BCUT2D eigenvalue weighted by molar-refractivity contribution is -0.462. The maximum absolute atomic E-state index is 12.1. The molecule has 0 bridgehead atoms. The highest BCUT2D eigenvalue weighted by molar-refractivity contribution is 6.05. The zero-order valence-electron chi connectivity index (χ0n) is 18.4. The summed E-state index contributed by atoms with van der Waals surface area (Å²) in [5, 5.41) is 19.4. The SMILES string of the molecule is CN(C)C1=CC2OC3=CC(=[N+](C)C)C=CC3=C(c3cc(C(=O)O)ccc3C(=O)O)C2C=C1. The monoisotopic (exact) mass is 433 g/mol. The predicted octanol–water partition coefficient (Wildman–Crippen LogP) is 3.03. The minimum atomic E-state index is -1.11. The number of hydrogen-bond donors (Lipinski definition) is 2. The van der Waals surface area contributed by atoms with Gasteiger partial charge in [-0.25, -0.2) is 14.2 Å². The Morgan fingerprint density at radius 1 is 1.06 bits per heavy atom. The maximum Gasteiger partial charge on any atom is 0.336 e. The van der Waals surface area contributed by atoms with E-state index >= 15 is 0 Å². The Balaban J connectivity index is 2.00. The molecule has 0 saturated heterocycles. The van der Waals surface area contributed by atoms with Gasteiger partial charge >= 0.3 is 11.9 Å². The molecule has 1 aliphatic heterocycles. The highest BCUT2D eigenvalue weighted by atomic mass is 16.5. The van der Waals surface area contributed by atoms with E-state index in [1.165, 1.54) is 18.2 Å². The number of rotatable bonds is 4. The van der Waals surface area contributed by atoms with Crippen molar-refractivity contribution in [2.24, 2.45) is 5.92 Å². The number of allylic oxidation sites excluding steroid dienone is 4. The van der Waals surface area contributed by atoms with Crippen molar-refractivity contribution in [1.29, 1.82) is 0 Å². The Morgan fingerprint density at radius 2 is 1.81 bits per heavy atom. The number of carboxylic acids is 2. The molecular formula is C25H25N2O5+. The van der Waals surface area contributed by atoms with Crippen LogP contribution in [0, 0.1) is 5.92 Å². The van der Waals surface area contributed by atoms with E-state index < -0.39 is 11.9 Å². The van der Waals surface area contributed by atoms with Gasteiger partial charge in [0.1, 0.15) is 26.0 Å². The number of carboxylic acid groups (broad SMARTS) is 2. The lowest BCUT2D eigenvalue weighted by atomic mass is 9.77. The van der Waals surface area contributed by atoms with E-state index in [9.17, 15) is 19.8 Å². The topological polar surface area (TPSA) is 90.1 Å². The summed E-state index contributed by atoms with van der Waals surface area (Å²) in [6.45, 7) is 0. The number of aromatic carboxylic acids is 2. The van der Waals surface area contributed by atoms with Crippen molar-refractivity contribution >= 4 is 23.2 Å². The number of fused-ring (bicyclic) bond motifs is 2. The minimum absolute atomic E-state index is 0.0383. The molecular weight excluding hydrogens is 408 g/mol. The first-order valence-corrected chi connectivity index (χ1v) is 10.2. The average molecular weight is 433 g/mol. The first-order chi connectivity index (χ1) is 15.2. The molecule has 4 rings (SSSR count). The molecule has 3 aliphatic rings. The van der Waals surface area contributed by atoms with Gasteiger partial charge < -0.3 is 19.8 Å². The maximum atomic E-state index is 12.1. The summed E-state index contributed by atoms with van der Waals surface area (Å²) in [6, 6.07) is 4.13. The summed E-state index contributed by atoms with van der Waals surface area (Å²) >= 11 is 0. The Morgan fingerprint density at radius 3 is 2.44 bits per heavy atom. The molecule has 7 heteroatoms. The van der Waals surface area contributed by atoms with Crippen molar-refractivity contribution in [2.75, 3.05) is 28.2 Å². The molecule has 164 valence electrons. The fourth-order valence-corrected chi connectivity index (χ4v) is 4.15. The number of nitrogens with zero attached hydrogens (tertiary/aromatic N) is 2. The second-order valence-electron chi connectivity index (χ2n) is 8.31. The number of likely N-dealkylation sites (N-methyl/N-ethyl adjacent to an activating group) is 1. The molecule has 1 aromatic carbocycles. The third-order valence-electron chi connectivity index (χ3n) is 5.83. The van der Waals surface area contributed by atoms with Gasteiger partial charge in [-0.15, -0.1) is 0 Å². The van der Waals surface area contributed by atoms with E-state index in [1.807, 2.05) is 74.1 Å². The first kappa shape index (κ1) is 21.4. The van der Waals surface area contributed by atoms with Crippen molar-refractivity contribution in [3.8, 4) is 0 Å². The van der Waals surface area contributed by atoms with Gasteiger partial charge in [0.05, 0.1) is 17.2 Å². The molecule has 0 spiro atoms. The fraction of sp³-hybridized carbons (Fsp3) is 0.240. The van der Waals surface area contributed by atoms with Crippen molar-refractivity contribution in [2.45, 2.75) is 6.10 Å². The lowest BCUT2D eigenvalue weighted by Crippen LogP contribution is -2.33. The van der Waals surface area contributed by atoms with Crippen LogP contribution in [0.3, 0.4) is 0 Å². The summed E-state index contributed by atoms with van der Waals surface area (Å²) in [6.07, 6.45) is 11.4. The standard InChI is InChI=1S/C25H24N2O5/c1-26(2)15-6-9-18-21(12-15)32-22-13-16(27(3)4)7-10-19(22)23(18)20-11-14(24(28)29)5-8-17(20)25(30)31/h5-13,18,21H,1-4H3,(H-,28,29,30,31)/p+1. The van der Waals surface area contributed by atoms with Crippen LogP contribution in [0.5, 0.6) is 0 Å². The molecule has 0 aromatic heterocycles. The average Bonchev–Trinajstić information content (AvgIpc) is 2.75. The summed E-state index contributed by atoms with van der Waals surface area (Å²) in [7, 11) is 7.76. The van der Waals surface area contributed by atoms with E-state index in [1.54, 1.807) is 0 Å². The van der Waals surface area contributed by atoms with Gasteiger partial charge in [0.2, 0.25) is 5.71 Å². The van der Waals surface area contributed by atoms with Gasteiger partial charge in [-0.3, -0.25) is 0 Å². The van der Waals surface area contributed by atoms with Crippen molar-refractivity contribution < 1.29 is 29.1 Å². The third-order valence-corrected chi connectivity index (χ3v) is 5.83. The van der Waals surface area contributed by atoms with Gasteiger partial charge in [-0.1, -0.05) is 6.08 Å². The molecule has 2 aliphatic carbocycles. The van der Waals surface area contributed by atoms with Crippen LogP contribution in [0.4, 0.5) is 0 Å². The van der Waals surface area contributed by atoms with Crippen molar-refractivity contribution in [3.05, 3.63) is 88.4 Å². The fourth-order valence-electron chi connectivity index (χ4n) is 4.15. The molecule has 0 saturated carbocycles. The first-order valence-electron chi connectivity index (χ1n) is 10.2. The van der Waals surface area contributed by atoms with E-state index in [0.717, 1.165) is 22.6 Å². The molecule has 1 aromatic rings. The summed E-state index contributed by atoms with van der Waals surface area (Å²) in [5.74, 6) is -1.85. The van der Waals surface area contributed by atoms with Crippen LogP contribution >= 0.6 is 0 Å². The quantitative estimate of drug-likeness (QED) is 0.710. The highest BCUT2D eigenvalue weighted by Crippen LogP contribution is 2.45. The van der Waals surface area contributed by atoms with E-state index in [-0.39, 0.29) is 23.1 Å². The molecule has 7 nitrogen and oxygen atoms in total. The number of hydrogen-bond acceptors (Lipinski definition) is 4. The molecule has 0 amide bonds. The number of carbonyl (C=O) groups is 2. The van der Waals surface area contributed by atoms with E-state index in [0.29, 0.717) is 11.3 Å². The Kier molecular flexibility index (Phi) is 5.34. The summed E-state index contributed by atoms with van der Waals surface area (Å²) in [5.41, 5.74) is 3.92. The third kappa shape index (κ3) is 3.66. The zero-order valence-corrected chi connectivity index (χ0v) is 18.4. The number of ether oxygens (including phenoxy) is 1. The Hall–Kier alpha value is -3.87. The Labute approximate surface area is 186 Å². The van der Waals surface area contributed by atoms with Crippen LogP contribution in [0.25, 0.3) is 5.57 Å². The summed E-state index contributed by atoms with van der Waals surface area (Å²) in [4.78, 5) is 25.7. The summed E-state index contributed by atoms with van der Waals surface area (Å²) < 4.78 is 8.33. The van der Waals surface area contributed by atoms with Gasteiger partial charge in [0, 0.05) is 37.4 Å². The van der Waals surface area contributed by atoms with Crippen LogP contribution in [-0.4, -0.2) is 71.6 Å². The van der Waals surface area contributed by atoms with Crippen LogP contribution < -0.4 is 0 Å². The van der Waals surface area contributed by atoms with Gasteiger partial charge in [-0.05, 0) is 47.6 Å². The Bertz CT molecular complexity index is 1210. The highest BCUT2D eigenvalue weighted by Gasteiger charge is 2.38. The van der Waals surface area contributed by atoms with Crippen LogP contribution in [0.1, 0.15) is 26.3 Å². The second kappa shape index (κ2) is 8.00. The largest absolute Gasteiger partial charge is 0.484 e. The second-order valence-corrected chi connectivity index (χ2v) is 8.31. The van der Waals surface area contributed by atoms with Crippen LogP contribution in [0.2, 0.25) is 0 Å². The van der Waals surface area contributed by atoms with Gasteiger partial charge in [0.15, 0.2) is 0 Å². The van der Waals surface area contributed by atoms with E-state index in [4.69, 9.17) is 4.74 Å². The molecule has 2 atom stereocenters. The van der Waals surface area contributed by atoms with Crippen LogP contribution in [-0.2, 0) is 4.74 Å². The smallest absolute Gasteiger partial charge is 0.336 e. The molecule has 1 heterocycles. The predicted molar refractivity (Wildman–Crippen MR) is 121 cm³/mol. The number of benzene rings is 1. The van der Waals surface area contributed by atoms with Crippen molar-refractivity contribution in [3.63, 3.8) is 0 Å². The molecule has 2 unspecified atom stereocenters. The van der Waals surface area contributed by atoms with Gasteiger partial charge in [0.25, 0.3) is 0 Å². The van der Waals surface area contributed by atoms with Crippen molar-refractivity contribution in [1.82, 2.24) is 4.90 Å².